The molecule has 5 N–H and O–H groups in total. The largest absolute Gasteiger partial charge is 0.394 e. The summed E-state index contributed by atoms with van der Waals surface area (Å²) >= 11 is 0. The van der Waals surface area contributed by atoms with Crippen LogP contribution in [0.3, 0.4) is 0 Å². The molecule has 0 spiro atoms. The second kappa shape index (κ2) is 52.3. The van der Waals surface area contributed by atoms with Crippen molar-refractivity contribution >= 4 is 5.91 Å². The smallest absolute Gasteiger partial charge is 0.249 e. The van der Waals surface area contributed by atoms with Crippen molar-refractivity contribution in [3.8, 4) is 0 Å². The molecule has 0 rings (SSSR count). The average Bonchev–Trinajstić information content (AvgIpc) is 3.29. The molecule has 1 amide bonds. The second-order valence-corrected chi connectivity index (χ2v) is 20.4. The number of amides is 1. The second-order valence-electron chi connectivity index (χ2n) is 20.4. The van der Waals surface area contributed by atoms with E-state index in [2.05, 4.69) is 19.2 Å². The minimum atomic E-state index is -1.25. The van der Waals surface area contributed by atoms with Gasteiger partial charge in [0.2, 0.25) is 5.91 Å². The maximum atomic E-state index is 12.6. The van der Waals surface area contributed by atoms with Crippen LogP contribution in [0.25, 0.3) is 0 Å². The van der Waals surface area contributed by atoms with Crippen LogP contribution in [0.4, 0.5) is 0 Å². The maximum absolute atomic E-state index is 12.6. The van der Waals surface area contributed by atoms with E-state index in [1.54, 1.807) is 0 Å². The van der Waals surface area contributed by atoms with E-state index in [9.17, 15) is 25.2 Å². The monoisotopic (exact) mass is 894 g/mol. The van der Waals surface area contributed by atoms with Gasteiger partial charge in [-0.1, -0.05) is 316 Å². The summed E-state index contributed by atoms with van der Waals surface area (Å²) in [6.07, 6.45) is 60.4. The van der Waals surface area contributed by atoms with Crippen molar-refractivity contribution < 1.29 is 25.2 Å². The minimum absolute atomic E-state index is 0.376. The Morgan fingerprint density at radius 2 is 0.540 bits per heavy atom. The van der Waals surface area contributed by atoms with Gasteiger partial charge in [-0.3, -0.25) is 4.79 Å². The van der Waals surface area contributed by atoms with Crippen molar-refractivity contribution in [2.75, 3.05) is 6.61 Å². The quantitative estimate of drug-likeness (QED) is 0.0391. The van der Waals surface area contributed by atoms with Crippen molar-refractivity contribution in [1.82, 2.24) is 5.32 Å². The van der Waals surface area contributed by atoms with E-state index in [4.69, 9.17) is 0 Å². The summed E-state index contributed by atoms with van der Waals surface area (Å²) in [5, 5.41) is 44.0. The Balaban J connectivity index is 3.52. The number of hydrogen-bond acceptors (Lipinski definition) is 5. The van der Waals surface area contributed by atoms with Crippen LogP contribution in [0.5, 0.6) is 0 Å². The third-order valence-electron chi connectivity index (χ3n) is 14.1. The fourth-order valence-corrected chi connectivity index (χ4v) is 9.53. The Bertz CT molecular complexity index is 871. The molecule has 0 aromatic rings. The van der Waals surface area contributed by atoms with Crippen molar-refractivity contribution in [1.29, 1.82) is 0 Å². The van der Waals surface area contributed by atoms with E-state index in [1.807, 2.05) is 0 Å². The summed E-state index contributed by atoms with van der Waals surface area (Å²) in [5.41, 5.74) is 0. The van der Waals surface area contributed by atoms with Crippen molar-refractivity contribution in [3.63, 3.8) is 0 Å². The Morgan fingerprint density at radius 1 is 0.333 bits per heavy atom. The zero-order valence-electron chi connectivity index (χ0n) is 42.9. The Kier molecular flexibility index (Phi) is 51.7. The number of hydrogen-bond donors (Lipinski definition) is 5. The normalized spacial score (nSPS) is 13.7. The van der Waals surface area contributed by atoms with Gasteiger partial charge in [-0.2, -0.15) is 0 Å². The average molecular weight is 895 g/mol. The number of carbonyl (C=O) groups is 1. The third kappa shape index (κ3) is 46.2. The molecule has 378 valence electrons. The Hall–Kier alpha value is -0.690. The van der Waals surface area contributed by atoms with Gasteiger partial charge in [0.15, 0.2) is 0 Å². The summed E-state index contributed by atoms with van der Waals surface area (Å²) in [6, 6.07) is -0.980. The molecule has 0 aromatic heterocycles. The summed E-state index contributed by atoms with van der Waals surface area (Å²) in [7, 11) is 0. The number of carbonyl (C=O) groups excluding carboxylic acids is 1. The molecule has 0 fully saturated rings. The maximum Gasteiger partial charge on any atom is 0.249 e. The van der Waals surface area contributed by atoms with Crippen molar-refractivity contribution in [3.05, 3.63) is 0 Å². The molecule has 0 aliphatic carbocycles. The molecule has 4 unspecified atom stereocenters. The predicted octanol–water partition coefficient (Wildman–Crippen LogP) is 16.7. The standard InChI is InChI=1S/C57H115NO5/c1-3-5-7-9-11-13-15-17-19-20-21-22-23-24-25-26-27-28-29-30-31-32-33-34-35-37-38-40-42-44-46-48-50-54(60)56(62)53(52-59)58-57(63)55(61)51-49-47-45-43-41-39-36-18-16-14-12-10-8-6-4-2/h53-56,59-62H,3-52H2,1-2H3,(H,58,63). The zero-order chi connectivity index (χ0) is 45.9. The molecule has 6 nitrogen and oxygen atoms in total. The number of aliphatic hydroxyl groups excluding tert-OH is 4. The van der Waals surface area contributed by atoms with Gasteiger partial charge in [0, 0.05) is 0 Å². The van der Waals surface area contributed by atoms with Gasteiger partial charge in [0.05, 0.1) is 18.8 Å². The molecule has 0 saturated carbocycles. The van der Waals surface area contributed by atoms with Gasteiger partial charge >= 0.3 is 0 Å². The number of nitrogens with one attached hydrogen (secondary N) is 1. The first-order chi connectivity index (χ1) is 31.0. The topological polar surface area (TPSA) is 110 Å². The van der Waals surface area contributed by atoms with Crippen LogP contribution in [0, 0.1) is 0 Å². The van der Waals surface area contributed by atoms with Crippen LogP contribution < -0.4 is 5.32 Å². The lowest BCUT2D eigenvalue weighted by molar-refractivity contribution is -0.132. The Labute approximate surface area is 394 Å². The van der Waals surface area contributed by atoms with E-state index in [0.717, 1.165) is 38.5 Å². The summed E-state index contributed by atoms with van der Waals surface area (Å²) in [4.78, 5) is 12.6. The summed E-state index contributed by atoms with van der Waals surface area (Å²) < 4.78 is 0. The van der Waals surface area contributed by atoms with Gasteiger partial charge in [-0.25, -0.2) is 0 Å². The lowest BCUT2D eigenvalue weighted by atomic mass is 9.99. The van der Waals surface area contributed by atoms with Crippen LogP contribution in [-0.2, 0) is 4.79 Å². The molecule has 0 heterocycles. The first-order valence-corrected chi connectivity index (χ1v) is 28.9. The van der Waals surface area contributed by atoms with Crippen LogP contribution >= 0.6 is 0 Å². The van der Waals surface area contributed by atoms with Gasteiger partial charge in [0.1, 0.15) is 12.2 Å². The van der Waals surface area contributed by atoms with Crippen molar-refractivity contribution in [2.24, 2.45) is 0 Å². The molecule has 0 bridgehead atoms. The highest BCUT2D eigenvalue weighted by Gasteiger charge is 2.28. The molecular weight excluding hydrogens is 779 g/mol. The van der Waals surface area contributed by atoms with Crippen molar-refractivity contribution in [2.45, 2.75) is 353 Å². The molecule has 0 aliphatic heterocycles. The number of unbranched alkanes of at least 4 members (excludes halogenated alkanes) is 45. The molecular formula is C57H115NO5. The van der Waals surface area contributed by atoms with E-state index in [-0.39, 0.29) is 0 Å². The Morgan fingerprint density at radius 3 is 0.762 bits per heavy atom. The SMILES string of the molecule is CCCCCCCCCCCCCCCCCCCCCCCCCCCCCCCCCCC(O)C(O)C(CO)NC(=O)C(O)CCCCCCCCCCCCCCCCC. The molecule has 0 aromatic carbocycles. The molecule has 6 heteroatoms. The van der Waals surface area contributed by atoms with Crippen LogP contribution in [0.1, 0.15) is 328 Å². The van der Waals surface area contributed by atoms with Gasteiger partial charge in [-0.15, -0.1) is 0 Å². The van der Waals surface area contributed by atoms with E-state index in [1.165, 1.54) is 263 Å². The lowest BCUT2D eigenvalue weighted by Crippen LogP contribution is -2.53. The number of aliphatic hydroxyl groups is 4. The van der Waals surface area contributed by atoms with E-state index < -0.39 is 36.9 Å². The third-order valence-corrected chi connectivity index (χ3v) is 14.1. The molecule has 4 atom stereocenters. The fraction of sp³-hybridized carbons (Fsp3) is 0.982. The first kappa shape index (κ1) is 62.3. The van der Waals surface area contributed by atoms with E-state index >= 15 is 0 Å². The summed E-state index contributed by atoms with van der Waals surface area (Å²) in [5.74, 6) is -0.577. The highest BCUT2D eigenvalue weighted by Crippen LogP contribution is 2.19. The highest BCUT2D eigenvalue weighted by atomic mass is 16.3. The van der Waals surface area contributed by atoms with Crippen LogP contribution in [0.15, 0.2) is 0 Å². The minimum Gasteiger partial charge on any atom is -0.394 e. The highest BCUT2D eigenvalue weighted by molar-refractivity contribution is 5.80. The molecule has 0 radical (unpaired) electrons. The van der Waals surface area contributed by atoms with Gasteiger partial charge in [0.25, 0.3) is 0 Å². The zero-order valence-corrected chi connectivity index (χ0v) is 42.9. The molecule has 0 saturated heterocycles. The lowest BCUT2D eigenvalue weighted by Gasteiger charge is -2.27. The summed E-state index contributed by atoms with van der Waals surface area (Å²) in [6.45, 7) is 4.09. The van der Waals surface area contributed by atoms with Crippen LogP contribution in [0.2, 0.25) is 0 Å². The van der Waals surface area contributed by atoms with E-state index in [0.29, 0.717) is 12.8 Å². The predicted molar refractivity (Wildman–Crippen MR) is 275 cm³/mol. The van der Waals surface area contributed by atoms with Crippen LogP contribution in [-0.4, -0.2) is 57.3 Å². The number of rotatable bonds is 54. The van der Waals surface area contributed by atoms with Gasteiger partial charge in [-0.05, 0) is 12.8 Å². The first-order valence-electron chi connectivity index (χ1n) is 28.9. The van der Waals surface area contributed by atoms with Gasteiger partial charge < -0.3 is 25.7 Å². The molecule has 63 heavy (non-hydrogen) atoms. The fourth-order valence-electron chi connectivity index (χ4n) is 9.53. The molecule has 0 aliphatic rings.